The van der Waals surface area contributed by atoms with Crippen molar-refractivity contribution in [2.24, 2.45) is 0 Å². The summed E-state index contributed by atoms with van der Waals surface area (Å²) in [5, 5.41) is 1.02. The Morgan fingerprint density at radius 2 is 1.81 bits per heavy atom. The Balaban J connectivity index is 1.39. The Kier molecular flexibility index (Phi) is 6.46. The lowest BCUT2D eigenvalue weighted by molar-refractivity contribution is 0.175. The van der Waals surface area contributed by atoms with Gasteiger partial charge >= 0.3 is 5.69 Å². The molecule has 0 radical (unpaired) electrons. The average molecular weight is 461 g/mol. The molecule has 3 aromatic rings. The van der Waals surface area contributed by atoms with Crippen molar-refractivity contribution in [3.63, 3.8) is 0 Å². The van der Waals surface area contributed by atoms with E-state index in [2.05, 4.69) is 14.9 Å². The quantitative estimate of drug-likeness (QED) is 0.617. The highest BCUT2D eigenvalue weighted by molar-refractivity contribution is 6.34. The van der Waals surface area contributed by atoms with Crippen LogP contribution in [0.4, 0.5) is 0 Å². The van der Waals surface area contributed by atoms with Gasteiger partial charge in [0.25, 0.3) is 5.56 Å². The fourth-order valence-corrected chi connectivity index (χ4v) is 4.28. The molecule has 4 rings (SSSR count). The van der Waals surface area contributed by atoms with Crippen LogP contribution in [0.15, 0.2) is 52.3 Å². The average Bonchev–Trinajstić information content (AvgIpc) is 2.71. The van der Waals surface area contributed by atoms with E-state index in [1.165, 1.54) is 0 Å². The Morgan fingerprint density at radius 1 is 1.10 bits per heavy atom. The van der Waals surface area contributed by atoms with Crippen LogP contribution < -0.4 is 16.0 Å². The highest BCUT2D eigenvalue weighted by Gasteiger charge is 2.22. The summed E-state index contributed by atoms with van der Waals surface area (Å²) < 4.78 is 7.53. The number of ether oxygens (including phenoxy) is 1. The van der Waals surface area contributed by atoms with E-state index in [1.54, 1.807) is 48.1 Å². The van der Waals surface area contributed by atoms with E-state index in [1.807, 2.05) is 6.07 Å². The number of H-pyrrole nitrogens is 1. The lowest BCUT2D eigenvalue weighted by Gasteiger charge is -2.32. The summed E-state index contributed by atoms with van der Waals surface area (Å²) in [6.07, 6.45) is 5.02. The monoisotopic (exact) mass is 460 g/mol. The highest BCUT2D eigenvalue weighted by atomic mass is 35.5. The zero-order chi connectivity index (χ0) is 22.0. The van der Waals surface area contributed by atoms with Crippen LogP contribution in [0.2, 0.25) is 10.0 Å². The maximum atomic E-state index is 12.1. The largest absolute Gasteiger partial charge is 0.457 e. The molecule has 1 saturated heterocycles. The van der Waals surface area contributed by atoms with E-state index in [0.717, 1.165) is 31.6 Å². The van der Waals surface area contributed by atoms with Gasteiger partial charge in [-0.05, 0) is 44.0 Å². The topological polar surface area (TPSA) is 80.2 Å². The number of aromatic amines is 1. The first-order valence-corrected chi connectivity index (χ1v) is 10.8. The lowest BCUT2D eigenvalue weighted by atomic mass is 10.0. The first-order chi connectivity index (χ1) is 14.9. The molecule has 162 valence electrons. The number of aromatic nitrogens is 3. The second-order valence-corrected chi connectivity index (χ2v) is 8.55. The summed E-state index contributed by atoms with van der Waals surface area (Å²) in [6, 6.07) is 8.83. The molecule has 1 aliphatic rings. The van der Waals surface area contributed by atoms with Crippen molar-refractivity contribution in [3.05, 3.63) is 84.9 Å². The standard InChI is InChI=1S/C22H22Cl2N4O3/c1-14-12-28(22(30)26-21(14)29)18-3-6-27(7-4-18)13-17-11-19(2-5-25-17)31-20-9-15(23)8-16(24)10-20/h2,5,8-12,18H,3-4,6-7,13H2,1H3,(H,26,29,30). The molecule has 3 heterocycles. The molecule has 0 atom stereocenters. The normalized spacial score (nSPS) is 15.2. The number of halogens is 2. The molecule has 0 bridgehead atoms. The van der Waals surface area contributed by atoms with Crippen molar-refractivity contribution in [1.82, 2.24) is 19.4 Å². The van der Waals surface area contributed by atoms with Crippen molar-refractivity contribution in [2.75, 3.05) is 13.1 Å². The van der Waals surface area contributed by atoms with Crippen LogP contribution >= 0.6 is 23.2 Å². The minimum absolute atomic E-state index is 0.0782. The van der Waals surface area contributed by atoms with Gasteiger partial charge in [0.15, 0.2) is 0 Å². The molecular formula is C22H22Cl2N4O3. The Labute approximate surface area is 189 Å². The van der Waals surface area contributed by atoms with Crippen molar-refractivity contribution < 1.29 is 4.74 Å². The Morgan fingerprint density at radius 3 is 2.52 bits per heavy atom. The predicted octanol–water partition coefficient (Wildman–Crippen LogP) is 4.18. The predicted molar refractivity (Wildman–Crippen MR) is 120 cm³/mol. The summed E-state index contributed by atoms with van der Waals surface area (Å²) in [4.78, 5) is 32.9. The fraction of sp³-hybridized carbons (Fsp3) is 0.318. The summed E-state index contributed by atoms with van der Waals surface area (Å²) in [6.45, 7) is 4.04. The molecule has 0 amide bonds. The van der Waals surface area contributed by atoms with Gasteiger partial charge in [0.2, 0.25) is 0 Å². The number of rotatable bonds is 5. The maximum Gasteiger partial charge on any atom is 0.328 e. The van der Waals surface area contributed by atoms with Gasteiger partial charge in [-0.15, -0.1) is 0 Å². The van der Waals surface area contributed by atoms with Crippen molar-refractivity contribution in [2.45, 2.75) is 32.4 Å². The van der Waals surface area contributed by atoms with Gasteiger partial charge in [-0.1, -0.05) is 23.2 Å². The van der Waals surface area contributed by atoms with E-state index < -0.39 is 0 Å². The highest BCUT2D eigenvalue weighted by Crippen LogP contribution is 2.29. The number of pyridine rings is 1. The van der Waals surface area contributed by atoms with Gasteiger partial charge in [-0.3, -0.25) is 24.2 Å². The zero-order valence-electron chi connectivity index (χ0n) is 17.0. The van der Waals surface area contributed by atoms with E-state index in [9.17, 15) is 9.59 Å². The van der Waals surface area contributed by atoms with Gasteiger partial charge in [-0.2, -0.15) is 0 Å². The smallest absolute Gasteiger partial charge is 0.328 e. The summed E-state index contributed by atoms with van der Waals surface area (Å²) >= 11 is 12.1. The van der Waals surface area contributed by atoms with Crippen LogP contribution in [0, 0.1) is 6.92 Å². The third kappa shape index (κ3) is 5.36. The molecule has 0 aliphatic carbocycles. The number of benzene rings is 1. The Bertz CT molecular complexity index is 1180. The van der Waals surface area contributed by atoms with Crippen LogP contribution in [0.3, 0.4) is 0 Å². The summed E-state index contributed by atoms with van der Waals surface area (Å²) in [5.74, 6) is 1.23. The second kappa shape index (κ2) is 9.26. The summed E-state index contributed by atoms with van der Waals surface area (Å²) in [5.41, 5.74) is 0.763. The second-order valence-electron chi connectivity index (χ2n) is 7.68. The van der Waals surface area contributed by atoms with E-state index in [0.29, 0.717) is 33.7 Å². The van der Waals surface area contributed by atoms with Crippen LogP contribution in [0.1, 0.15) is 30.1 Å². The van der Waals surface area contributed by atoms with Crippen molar-refractivity contribution in [3.8, 4) is 11.5 Å². The first-order valence-electron chi connectivity index (χ1n) is 10.0. The van der Waals surface area contributed by atoms with Gasteiger partial charge in [0, 0.05) is 59.7 Å². The van der Waals surface area contributed by atoms with E-state index >= 15 is 0 Å². The minimum Gasteiger partial charge on any atom is -0.457 e. The SMILES string of the molecule is Cc1cn(C2CCN(Cc3cc(Oc4cc(Cl)cc(Cl)c4)ccn3)CC2)c(=O)[nH]c1=O. The molecule has 1 aliphatic heterocycles. The molecule has 0 saturated carbocycles. The molecule has 7 nitrogen and oxygen atoms in total. The number of hydrogen-bond donors (Lipinski definition) is 1. The molecule has 9 heteroatoms. The number of nitrogens with zero attached hydrogens (tertiary/aromatic N) is 3. The maximum absolute atomic E-state index is 12.1. The molecule has 1 aromatic carbocycles. The van der Waals surface area contributed by atoms with Gasteiger partial charge in [0.1, 0.15) is 11.5 Å². The lowest BCUT2D eigenvalue weighted by Crippen LogP contribution is -2.39. The van der Waals surface area contributed by atoms with Crippen molar-refractivity contribution in [1.29, 1.82) is 0 Å². The molecule has 1 N–H and O–H groups in total. The number of nitrogens with one attached hydrogen (secondary N) is 1. The third-order valence-electron chi connectivity index (χ3n) is 5.34. The zero-order valence-corrected chi connectivity index (χ0v) is 18.5. The Hall–Kier alpha value is -2.61. The van der Waals surface area contributed by atoms with Crippen LogP contribution in [0.5, 0.6) is 11.5 Å². The van der Waals surface area contributed by atoms with Crippen molar-refractivity contribution >= 4 is 23.2 Å². The number of likely N-dealkylation sites (tertiary alicyclic amines) is 1. The van der Waals surface area contributed by atoms with Gasteiger partial charge in [0.05, 0.1) is 5.69 Å². The third-order valence-corrected chi connectivity index (χ3v) is 5.78. The molecule has 2 aromatic heterocycles. The van der Waals surface area contributed by atoms with Crippen LogP contribution in [-0.4, -0.2) is 32.5 Å². The number of aryl methyl sites for hydroxylation is 1. The number of piperidine rings is 1. The molecule has 0 unspecified atom stereocenters. The van der Waals surface area contributed by atoms with E-state index in [-0.39, 0.29) is 17.3 Å². The molecular weight excluding hydrogens is 439 g/mol. The molecule has 31 heavy (non-hydrogen) atoms. The fourth-order valence-electron chi connectivity index (χ4n) is 3.77. The van der Waals surface area contributed by atoms with Gasteiger partial charge < -0.3 is 4.74 Å². The van der Waals surface area contributed by atoms with Crippen LogP contribution in [-0.2, 0) is 6.54 Å². The van der Waals surface area contributed by atoms with Gasteiger partial charge in [-0.25, -0.2) is 4.79 Å². The number of hydrogen-bond acceptors (Lipinski definition) is 5. The summed E-state index contributed by atoms with van der Waals surface area (Å²) in [7, 11) is 0. The molecule has 0 spiro atoms. The first kappa shape index (κ1) is 21.6. The minimum atomic E-state index is -0.346. The van der Waals surface area contributed by atoms with E-state index in [4.69, 9.17) is 27.9 Å². The van der Waals surface area contributed by atoms with Crippen LogP contribution in [0.25, 0.3) is 0 Å². The molecule has 1 fully saturated rings.